The van der Waals surface area contributed by atoms with E-state index in [9.17, 15) is 9.59 Å². The highest BCUT2D eigenvalue weighted by atomic mass is 16.2. The lowest BCUT2D eigenvalue weighted by Crippen LogP contribution is -2.49. The third kappa shape index (κ3) is 4.15. The number of pyridine rings is 1. The van der Waals surface area contributed by atoms with Crippen LogP contribution < -0.4 is 5.73 Å². The molecule has 0 aromatic carbocycles. The van der Waals surface area contributed by atoms with Crippen LogP contribution in [0.15, 0.2) is 55.4 Å². The van der Waals surface area contributed by atoms with E-state index in [2.05, 4.69) is 25.0 Å². The molecule has 3 atom stereocenters. The number of aromatic nitrogens is 7. The highest BCUT2D eigenvalue weighted by Crippen LogP contribution is 2.39. The summed E-state index contributed by atoms with van der Waals surface area (Å²) in [5.41, 5.74) is 11.1. The number of aromatic amines is 2. The number of fused-ring (bicyclic) bond motifs is 1. The summed E-state index contributed by atoms with van der Waals surface area (Å²) in [6, 6.07) is 5.50. The molecule has 1 amide bonds. The highest BCUT2D eigenvalue weighted by Gasteiger charge is 2.38. The minimum atomic E-state index is -0.162. The summed E-state index contributed by atoms with van der Waals surface area (Å²) in [7, 11) is 0. The topological polar surface area (TPSA) is 151 Å². The van der Waals surface area contributed by atoms with Gasteiger partial charge in [0.1, 0.15) is 11.5 Å². The monoisotopic (exact) mass is 523 g/mol. The number of piperidine rings is 1. The number of nitrogens with two attached hydrogens (primary N) is 1. The molecule has 1 saturated heterocycles. The molecule has 1 aliphatic rings. The van der Waals surface area contributed by atoms with E-state index in [1.165, 1.54) is 11.4 Å². The van der Waals surface area contributed by atoms with Gasteiger partial charge in [-0.15, -0.1) is 0 Å². The Kier molecular flexibility index (Phi) is 5.97. The Labute approximate surface area is 224 Å². The molecular weight excluding hydrogens is 494 g/mol. The predicted molar refractivity (Wildman–Crippen MR) is 146 cm³/mol. The van der Waals surface area contributed by atoms with E-state index in [0.717, 1.165) is 16.8 Å². The number of rotatable bonds is 5. The lowest BCUT2D eigenvalue weighted by molar-refractivity contribution is 0.0475. The Morgan fingerprint density at radius 3 is 2.46 bits per heavy atom. The summed E-state index contributed by atoms with van der Waals surface area (Å²) in [6.45, 7) is 5.58. The number of Topliss-reactive ketones (excluding diaryl/α,β-unsaturated/α-hetero) is 1. The number of nitrogens with one attached hydrogen (secondary N) is 2. The van der Waals surface area contributed by atoms with Crippen molar-refractivity contribution in [2.45, 2.75) is 51.6 Å². The third-order valence-electron chi connectivity index (χ3n) is 7.55. The summed E-state index contributed by atoms with van der Waals surface area (Å²) in [5, 5.41) is 4.46. The van der Waals surface area contributed by atoms with Crippen LogP contribution in [0.2, 0.25) is 0 Å². The van der Waals surface area contributed by atoms with Gasteiger partial charge in [-0.25, -0.2) is 9.97 Å². The number of carbonyl (C=O) groups excluding carboxylic acids is 2. The van der Waals surface area contributed by atoms with Crippen molar-refractivity contribution in [3.8, 4) is 22.6 Å². The van der Waals surface area contributed by atoms with Crippen molar-refractivity contribution in [1.82, 2.24) is 39.4 Å². The molecule has 11 nitrogen and oxygen atoms in total. The second-order valence-corrected chi connectivity index (χ2v) is 10.2. The summed E-state index contributed by atoms with van der Waals surface area (Å²) in [4.78, 5) is 47.8. The zero-order valence-electron chi connectivity index (χ0n) is 21.9. The number of anilines is 1. The molecule has 1 fully saturated rings. The van der Waals surface area contributed by atoms with Gasteiger partial charge in [-0.05, 0) is 45.7 Å². The van der Waals surface area contributed by atoms with Crippen molar-refractivity contribution in [3.63, 3.8) is 0 Å². The Morgan fingerprint density at radius 1 is 1.05 bits per heavy atom. The first-order chi connectivity index (χ1) is 18.8. The first kappa shape index (κ1) is 24.5. The van der Waals surface area contributed by atoms with Crippen LogP contribution >= 0.6 is 0 Å². The summed E-state index contributed by atoms with van der Waals surface area (Å²) in [5.74, 6) is 0.720. The molecule has 5 aromatic heterocycles. The van der Waals surface area contributed by atoms with Gasteiger partial charge < -0.3 is 20.6 Å². The first-order valence-corrected chi connectivity index (χ1v) is 12.9. The molecule has 4 N–H and O–H groups in total. The highest BCUT2D eigenvalue weighted by molar-refractivity contribution is 6.00. The molecule has 1 unspecified atom stereocenters. The van der Waals surface area contributed by atoms with Crippen LogP contribution in [0.1, 0.15) is 65.9 Å². The molecule has 6 rings (SSSR count). The van der Waals surface area contributed by atoms with Crippen molar-refractivity contribution in [1.29, 1.82) is 0 Å². The quantitative estimate of drug-likeness (QED) is 0.294. The van der Waals surface area contributed by atoms with Crippen LogP contribution in [0.4, 0.5) is 5.82 Å². The largest absolute Gasteiger partial charge is 0.383 e. The van der Waals surface area contributed by atoms with Crippen LogP contribution in [0, 0.1) is 0 Å². The average Bonchev–Trinajstić information content (AvgIpc) is 3.70. The number of carbonyl (C=O) groups is 2. The van der Waals surface area contributed by atoms with Crippen molar-refractivity contribution in [3.05, 3.63) is 72.2 Å². The maximum Gasteiger partial charge on any atom is 0.255 e. The average molecular weight is 524 g/mol. The molecule has 5 aromatic rings. The minimum Gasteiger partial charge on any atom is -0.383 e. The van der Waals surface area contributed by atoms with Gasteiger partial charge in [-0.1, -0.05) is 6.07 Å². The Balaban J connectivity index is 1.38. The molecule has 0 spiro atoms. The number of amides is 1. The Bertz CT molecular complexity index is 1640. The van der Waals surface area contributed by atoms with Crippen molar-refractivity contribution in [2.24, 2.45) is 0 Å². The molecule has 0 aliphatic carbocycles. The van der Waals surface area contributed by atoms with E-state index < -0.39 is 0 Å². The lowest BCUT2D eigenvalue weighted by atomic mass is 9.82. The standard InChI is InChI=1S/C28H29N9O2/c1-15-10-20(11-16(2)36(15)28(39)19-6-7-30-12-19)24-23(17(3)38)25(29)37-27(35-24)21(14-34-37)18-4-5-22(33-13-18)26-31-8-9-32-26/h4-9,12-16,20,30H,10-11,29H2,1-3H3,(H,31,32)/t15-,16?,20-/m0/s1. The van der Waals surface area contributed by atoms with Crippen molar-refractivity contribution in [2.75, 3.05) is 5.73 Å². The maximum atomic E-state index is 13.2. The maximum absolute atomic E-state index is 13.2. The van der Waals surface area contributed by atoms with E-state index in [-0.39, 0.29) is 35.5 Å². The normalized spacial score (nSPS) is 19.5. The van der Waals surface area contributed by atoms with E-state index in [0.29, 0.717) is 41.1 Å². The van der Waals surface area contributed by atoms with Gasteiger partial charge in [0.25, 0.3) is 5.91 Å². The molecule has 39 heavy (non-hydrogen) atoms. The van der Waals surface area contributed by atoms with Gasteiger partial charge in [-0.3, -0.25) is 14.6 Å². The van der Waals surface area contributed by atoms with Gasteiger partial charge in [0.05, 0.1) is 23.0 Å². The smallest absolute Gasteiger partial charge is 0.255 e. The number of imidazole rings is 1. The molecule has 1 aliphatic heterocycles. The van der Waals surface area contributed by atoms with E-state index in [4.69, 9.17) is 10.7 Å². The molecule has 198 valence electrons. The van der Waals surface area contributed by atoms with E-state index in [1.54, 1.807) is 43.2 Å². The van der Waals surface area contributed by atoms with Crippen LogP contribution in [0.5, 0.6) is 0 Å². The van der Waals surface area contributed by atoms with Gasteiger partial charge in [0, 0.05) is 60.1 Å². The SMILES string of the molecule is CC(=O)c1c([C@@H]2CC(C)N(C(=O)c3cc[nH]c3)[C@@H](C)C2)nc2c(-c3ccc(-c4ncc[nH]4)nc3)cnn2c1N. The first-order valence-electron chi connectivity index (χ1n) is 12.9. The number of H-pyrrole nitrogens is 2. The van der Waals surface area contributed by atoms with Gasteiger partial charge in [-0.2, -0.15) is 9.61 Å². The Morgan fingerprint density at radius 2 is 1.85 bits per heavy atom. The fourth-order valence-electron chi connectivity index (χ4n) is 5.80. The van der Waals surface area contributed by atoms with Gasteiger partial charge in [0.2, 0.25) is 0 Å². The number of nitrogens with zero attached hydrogens (tertiary/aromatic N) is 6. The fraction of sp³-hybridized carbons (Fsp3) is 0.286. The van der Waals surface area contributed by atoms with Crippen LogP contribution in [0.3, 0.4) is 0 Å². The summed E-state index contributed by atoms with van der Waals surface area (Å²) < 4.78 is 1.52. The molecule has 0 radical (unpaired) electrons. The molecular formula is C28H29N9O2. The van der Waals surface area contributed by atoms with Crippen molar-refractivity contribution >= 4 is 23.2 Å². The second kappa shape index (κ2) is 9.50. The second-order valence-electron chi connectivity index (χ2n) is 10.2. The van der Waals surface area contributed by atoms with E-state index in [1.807, 2.05) is 30.9 Å². The van der Waals surface area contributed by atoms with Gasteiger partial charge >= 0.3 is 0 Å². The third-order valence-corrected chi connectivity index (χ3v) is 7.55. The van der Waals surface area contributed by atoms with Crippen LogP contribution in [-0.4, -0.2) is 63.2 Å². The predicted octanol–water partition coefficient (Wildman–Crippen LogP) is 4.09. The lowest BCUT2D eigenvalue weighted by Gasteiger charge is -2.42. The molecule has 6 heterocycles. The number of ketones is 1. The van der Waals surface area contributed by atoms with Crippen molar-refractivity contribution < 1.29 is 9.59 Å². The minimum absolute atomic E-state index is 0.00649. The molecule has 0 bridgehead atoms. The Hall–Kier alpha value is -4.80. The fourth-order valence-corrected chi connectivity index (χ4v) is 5.80. The number of nitrogen functional groups attached to an aromatic ring is 1. The zero-order valence-corrected chi connectivity index (χ0v) is 21.9. The van der Waals surface area contributed by atoms with E-state index >= 15 is 0 Å². The molecule has 0 saturated carbocycles. The number of likely N-dealkylation sites (tertiary alicyclic amines) is 1. The van der Waals surface area contributed by atoms with Crippen LogP contribution in [0.25, 0.3) is 28.3 Å². The zero-order chi connectivity index (χ0) is 27.3. The number of hydrogen-bond donors (Lipinski definition) is 3. The summed E-state index contributed by atoms with van der Waals surface area (Å²) in [6.07, 6.45) is 11.7. The van der Waals surface area contributed by atoms with Gasteiger partial charge in [0.15, 0.2) is 17.3 Å². The number of hydrogen-bond acceptors (Lipinski definition) is 7. The molecule has 11 heteroatoms. The van der Waals surface area contributed by atoms with Crippen LogP contribution in [-0.2, 0) is 0 Å². The summed E-state index contributed by atoms with van der Waals surface area (Å²) >= 11 is 0.